The lowest BCUT2D eigenvalue weighted by molar-refractivity contribution is -0.132. The first-order valence-corrected chi connectivity index (χ1v) is 11.0. The van der Waals surface area contributed by atoms with Crippen LogP contribution in [0.15, 0.2) is 23.1 Å². The van der Waals surface area contributed by atoms with Crippen LogP contribution in [-0.4, -0.2) is 51.9 Å². The second-order valence-electron chi connectivity index (χ2n) is 7.23. The third-order valence-corrected chi connectivity index (χ3v) is 6.98. The van der Waals surface area contributed by atoms with E-state index in [1.165, 1.54) is 12.0 Å². The van der Waals surface area contributed by atoms with Crippen molar-refractivity contribution in [3.8, 4) is 0 Å². The van der Waals surface area contributed by atoms with Crippen LogP contribution in [0, 0.1) is 0 Å². The molecule has 0 radical (unpaired) electrons. The lowest BCUT2D eigenvalue weighted by atomic mass is 9.92. The molecule has 0 atom stereocenters. The first-order chi connectivity index (χ1) is 12.5. The van der Waals surface area contributed by atoms with Gasteiger partial charge < -0.3 is 10.2 Å². The van der Waals surface area contributed by atoms with Crippen molar-refractivity contribution < 1.29 is 13.2 Å². The molecule has 0 spiro atoms. The summed E-state index contributed by atoms with van der Waals surface area (Å²) >= 11 is 0. The van der Waals surface area contributed by atoms with E-state index in [2.05, 4.69) is 10.0 Å². The zero-order valence-corrected chi connectivity index (χ0v) is 17.5. The molecule has 1 aliphatic heterocycles. The molecule has 0 bridgehead atoms. The Balaban J connectivity index is 0.00000261. The number of aryl methyl sites for hydroxylation is 2. The number of hydrogen-bond donors (Lipinski definition) is 2. The molecule has 152 valence electrons. The highest BCUT2D eigenvalue weighted by Crippen LogP contribution is 2.24. The van der Waals surface area contributed by atoms with Crippen LogP contribution in [0.4, 0.5) is 0 Å². The van der Waals surface area contributed by atoms with Crippen molar-refractivity contribution in [3.63, 3.8) is 0 Å². The van der Waals surface area contributed by atoms with Gasteiger partial charge in [-0.2, -0.15) is 0 Å². The highest BCUT2D eigenvalue weighted by Gasteiger charge is 2.22. The predicted octanol–water partition coefficient (Wildman–Crippen LogP) is 1.87. The van der Waals surface area contributed by atoms with E-state index in [0.29, 0.717) is 10.9 Å². The van der Waals surface area contributed by atoms with Crippen molar-refractivity contribution in [2.45, 2.75) is 55.9 Å². The fourth-order valence-corrected chi connectivity index (χ4v) is 4.91. The molecule has 1 amide bonds. The van der Waals surface area contributed by atoms with Gasteiger partial charge in [-0.3, -0.25) is 4.79 Å². The van der Waals surface area contributed by atoms with E-state index >= 15 is 0 Å². The fourth-order valence-electron chi connectivity index (χ4n) is 3.83. The molecule has 0 aromatic heterocycles. The van der Waals surface area contributed by atoms with Crippen LogP contribution in [0.1, 0.15) is 43.2 Å². The molecular formula is C19H30ClN3O3S. The van der Waals surface area contributed by atoms with Crippen LogP contribution in [0.25, 0.3) is 0 Å². The van der Waals surface area contributed by atoms with Gasteiger partial charge in [0.25, 0.3) is 0 Å². The van der Waals surface area contributed by atoms with Gasteiger partial charge >= 0.3 is 0 Å². The Kier molecular flexibility index (Phi) is 8.09. The summed E-state index contributed by atoms with van der Waals surface area (Å²) in [6.07, 6.45) is 6.36. The summed E-state index contributed by atoms with van der Waals surface area (Å²) in [5.74, 6) is 0.0210. The van der Waals surface area contributed by atoms with Gasteiger partial charge in [0.1, 0.15) is 0 Å². The van der Waals surface area contributed by atoms with Crippen molar-refractivity contribution in [3.05, 3.63) is 29.3 Å². The minimum atomic E-state index is -3.56. The molecule has 3 rings (SSSR count). The Morgan fingerprint density at radius 1 is 1.15 bits per heavy atom. The van der Waals surface area contributed by atoms with Crippen molar-refractivity contribution in [2.75, 3.05) is 26.7 Å². The van der Waals surface area contributed by atoms with Crippen molar-refractivity contribution in [2.24, 2.45) is 0 Å². The number of fused-ring (bicyclic) bond motifs is 1. The van der Waals surface area contributed by atoms with Crippen molar-refractivity contribution >= 4 is 28.3 Å². The highest BCUT2D eigenvalue weighted by atomic mass is 35.5. The summed E-state index contributed by atoms with van der Waals surface area (Å²) in [5, 5.41) is 3.24. The molecule has 6 nitrogen and oxygen atoms in total. The standard InChI is InChI=1S/C19H29N3O3S.ClH/c1-20-17-9-12-22(13-10-17)19(23)8-11-21-26(24,25)18-7-6-15-4-2-3-5-16(15)14-18;/h6-7,14,17,20-21H,2-5,8-13H2,1H3;1H. The highest BCUT2D eigenvalue weighted by molar-refractivity contribution is 7.89. The Morgan fingerprint density at radius 2 is 1.81 bits per heavy atom. The molecule has 1 heterocycles. The van der Waals surface area contributed by atoms with Crippen molar-refractivity contribution in [1.82, 2.24) is 14.9 Å². The molecule has 1 aliphatic carbocycles. The van der Waals surface area contributed by atoms with Gasteiger partial charge in [-0.1, -0.05) is 6.07 Å². The number of nitrogens with one attached hydrogen (secondary N) is 2. The number of benzene rings is 1. The molecule has 2 aliphatic rings. The van der Waals surface area contributed by atoms with Gasteiger partial charge in [0.15, 0.2) is 0 Å². The van der Waals surface area contributed by atoms with E-state index in [1.807, 2.05) is 18.0 Å². The number of carbonyl (C=O) groups is 1. The van der Waals surface area contributed by atoms with Crippen LogP contribution < -0.4 is 10.0 Å². The van der Waals surface area contributed by atoms with E-state index in [0.717, 1.165) is 50.8 Å². The Morgan fingerprint density at radius 3 is 2.48 bits per heavy atom. The first-order valence-electron chi connectivity index (χ1n) is 9.56. The normalized spacial score (nSPS) is 17.9. The molecule has 27 heavy (non-hydrogen) atoms. The summed E-state index contributed by atoms with van der Waals surface area (Å²) in [7, 11) is -1.62. The number of sulfonamides is 1. The molecule has 8 heteroatoms. The zero-order valence-electron chi connectivity index (χ0n) is 15.9. The van der Waals surface area contributed by atoms with E-state index in [4.69, 9.17) is 0 Å². The molecule has 0 saturated carbocycles. The van der Waals surface area contributed by atoms with Crippen LogP contribution in [0.5, 0.6) is 0 Å². The number of carbonyl (C=O) groups excluding carboxylic acids is 1. The largest absolute Gasteiger partial charge is 0.343 e. The summed E-state index contributed by atoms with van der Waals surface area (Å²) < 4.78 is 27.6. The number of halogens is 1. The van der Waals surface area contributed by atoms with Gasteiger partial charge in [-0.25, -0.2) is 13.1 Å². The van der Waals surface area contributed by atoms with Crippen molar-refractivity contribution in [1.29, 1.82) is 0 Å². The number of amides is 1. The van der Waals surface area contributed by atoms with Crippen LogP contribution in [0.2, 0.25) is 0 Å². The average Bonchev–Trinajstić information content (AvgIpc) is 2.67. The first kappa shape index (κ1) is 22.1. The number of nitrogens with zero attached hydrogens (tertiary/aromatic N) is 1. The number of likely N-dealkylation sites (tertiary alicyclic amines) is 1. The van der Waals surface area contributed by atoms with E-state index in [1.54, 1.807) is 12.1 Å². The quantitative estimate of drug-likeness (QED) is 0.743. The average molecular weight is 416 g/mol. The van der Waals surface area contributed by atoms with Gasteiger partial charge in [-0.05, 0) is 68.8 Å². The molecule has 0 unspecified atom stereocenters. The van der Waals surface area contributed by atoms with Gasteiger partial charge in [-0.15, -0.1) is 12.4 Å². The maximum absolute atomic E-state index is 12.5. The maximum Gasteiger partial charge on any atom is 0.240 e. The molecular weight excluding hydrogens is 386 g/mol. The Labute approximate surface area is 168 Å². The van der Waals surface area contributed by atoms with Crippen LogP contribution in [-0.2, 0) is 27.7 Å². The van der Waals surface area contributed by atoms with E-state index in [-0.39, 0.29) is 31.3 Å². The number of piperidine rings is 1. The minimum absolute atomic E-state index is 0. The minimum Gasteiger partial charge on any atom is -0.343 e. The molecule has 1 aromatic carbocycles. The third kappa shape index (κ3) is 5.67. The van der Waals surface area contributed by atoms with Crippen LogP contribution in [0.3, 0.4) is 0 Å². The predicted molar refractivity (Wildman–Crippen MR) is 109 cm³/mol. The fraction of sp³-hybridized carbons (Fsp3) is 0.632. The lowest BCUT2D eigenvalue weighted by Gasteiger charge is -2.31. The zero-order chi connectivity index (χ0) is 18.6. The third-order valence-electron chi connectivity index (χ3n) is 5.52. The van der Waals surface area contributed by atoms with E-state index < -0.39 is 10.0 Å². The topological polar surface area (TPSA) is 78.5 Å². The Bertz CT molecular complexity index is 747. The second-order valence-corrected chi connectivity index (χ2v) is 9.00. The number of hydrogen-bond acceptors (Lipinski definition) is 4. The number of rotatable bonds is 6. The second kappa shape index (κ2) is 9.87. The Hall–Kier alpha value is -1.15. The summed E-state index contributed by atoms with van der Waals surface area (Å²) in [6, 6.07) is 5.87. The smallest absolute Gasteiger partial charge is 0.240 e. The summed E-state index contributed by atoms with van der Waals surface area (Å²) in [6.45, 7) is 1.62. The SMILES string of the molecule is CNC1CCN(C(=O)CCNS(=O)(=O)c2ccc3c(c2)CCCC3)CC1.Cl. The summed E-state index contributed by atoms with van der Waals surface area (Å²) in [5.41, 5.74) is 2.40. The molecule has 1 fully saturated rings. The van der Waals surface area contributed by atoms with Gasteiger partial charge in [0.05, 0.1) is 4.90 Å². The molecule has 1 aromatic rings. The lowest BCUT2D eigenvalue weighted by Crippen LogP contribution is -2.44. The monoisotopic (exact) mass is 415 g/mol. The maximum atomic E-state index is 12.5. The van der Waals surface area contributed by atoms with Gasteiger partial charge in [0, 0.05) is 32.1 Å². The van der Waals surface area contributed by atoms with Gasteiger partial charge in [0.2, 0.25) is 15.9 Å². The van der Waals surface area contributed by atoms with Crippen LogP contribution >= 0.6 is 12.4 Å². The summed E-state index contributed by atoms with van der Waals surface area (Å²) in [4.78, 5) is 14.4. The van der Waals surface area contributed by atoms with E-state index in [9.17, 15) is 13.2 Å². The molecule has 2 N–H and O–H groups in total. The molecule has 1 saturated heterocycles.